The number of carbonyl (C=O) groups is 3. The molecule has 1 aromatic rings. The van der Waals surface area contributed by atoms with Crippen LogP contribution in [0.4, 0.5) is 5.13 Å². The zero-order valence-electron chi connectivity index (χ0n) is 14.2. The zero-order chi connectivity index (χ0) is 20.0. The van der Waals surface area contributed by atoms with Gasteiger partial charge in [0, 0.05) is 23.6 Å². The number of aromatic nitrogens is 1. The van der Waals surface area contributed by atoms with Gasteiger partial charge in [-0.05, 0) is 0 Å². The Kier molecular flexibility index (Phi) is 7.27. The summed E-state index contributed by atoms with van der Waals surface area (Å²) in [6.45, 7) is 0.124. The molecule has 1 aliphatic heterocycles. The van der Waals surface area contributed by atoms with E-state index in [1.807, 2.05) is 0 Å². The average molecular weight is 414 g/mol. The number of rotatable bonds is 8. The van der Waals surface area contributed by atoms with Crippen LogP contribution in [-0.4, -0.2) is 70.5 Å². The number of hydrogen-bond acceptors (Lipinski definition) is 11. The highest BCUT2D eigenvalue weighted by Crippen LogP contribution is 2.26. The summed E-state index contributed by atoms with van der Waals surface area (Å²) in [5.74, 6) is -1.98. The van der Waals surface area contributed by atoms with Crippen LogP contribution < -0.4 is 16.8 Å². The molecule has 0 radical (unpaired) electrons. The lowest BCUT2D eigenvalue weighted by Gasteiger charge is -2.28. The van der Waals surface area contributed by atoms with Gasteiger partial charge in [-0.15, -0.1) is 23.1 Å². The van der Waals surface area contributed by atoms with E-state index in [1.54, 1.807) is 0 Å². The SMILES string of the molecule is CO/N=C(\C(=O)N[C@H](C=O)[C@@H]1N=C(C(=O)O)C(CN)CS1)c1csc(N)n1. The first kappa shape index (κ1) is 20.8. The topological polar surface area (TPSA) is 182 Å². The fraction of sp³-hybridized carbons (Fsp3) is 0.429. The van der Waals surface area contributed by atoms with Gasteiger partial charge in [0.15, 0.2) is 10.8 Å². The molecule has 0 bridgehead atoms. The number of aliphatic carboxylic acids is 1. The Hall–Kier alpha value is -2.51. The van der Waals surface area contributed by atoms with Crippen molar-refractivity contribution >= 4 is 57.8 Å². The summed E-state index contributed by atoms with van der Waals surface area (Å²) in [6.07, 6.45) is 0.487. The van der Waals surface area contributed by atoms with Crippen molar-refractivity contribution in [2.75, 3.05) is 25.1 Å². The maximum absolute atomic E-state index is 12.5. The van der Waals surface area contributed by atoms with Crippen molar-refractivity contribution in [3.8, 4) is 0 Å². The third-order valence-electron chi connectivity index (χ3n) is 3.54. The fourth-order valence-electron chi connectivity index (χ4n) is 2.25. The van der Waals surface area contributed by atoms with E-state index in [2.05, 4.69) is 25.3 Å². The molecule has 2 rings (SSSR count). The number of hydrogen-bond donors (Lipinski definition) is 4. The van der Waals surface area contributed by atoms with Crippen molar-refractivity contribution in [1.82, 2.24) is 10.3 Å². The molecule has 0 saturated carbocycles. The fourth-order valence-corrected chi connectivity index (χ4v) is 4.05. The van der Waals surface area contributed by atoms with Gasteiger partial charge >= 0.3 is 5.97 Å². The molecule has 0 spiro atoms. The van der Waals surface area contributed by atoms with E-state index in [0.29, 0.717) is 12.0 Å². The number of aldehydes is 1. The molecule has 3 atom stereocenters. The van der Waals surface area contributed by atoms with Crippen LogP contribution in [-0.2, 0) is 19.2 Å². The van der Waals surface area contributed by atoms with Crippen molar-refractivity contribution < 1.29 is 24.3 Å². The minimum atomic E-state index is -1.20. The maximum Gasteiger partial charge on any atom is 0.350 e. The van der Waals surface area contributed by atoms with Crippen molar-refractivity contribution in [3.63, 3.8) is 0 Å². The second-order valence-corrected chi connectivity index (χ2v) is 7.34. The smallest absolute Gasteiger partial charge is 0.350 e. The Morgan fingerprint density at radius 2 is 2.33 bits per heavy atom. The van der Waals surface area contributed by atoms with Crippen molar-refractivity contribution in [3.05, 3.63) is 11.1 Å². The quantitative estimate of drug-likeness (QED) is 0.234. The highest BCUT2D eigenvalue weighted by atomic mass is 32.2. The standard InChI is InChI=1S/C14H18N6O5S2/c1-25-20-10(8-5-27-14(16)18-8)11(22)17-7(3-21)12-19-9(13(23)24)6(2-15)4-26-12/h3,5-7,12H,2,4,15H2,1H3,(H2,16,18)(H,17,22)(H,23,24)/b20-10-/t6?,7-,12-/m1/s1. The number of nitrogens with two attached hydrogens (primary N) is 2. The van der Waals surface area contributed by atoms with Crippen molar-refractivity contribution in [1.29, 1.82) is 0 Å². The first-order chi connectivity index (χ1) is 12.9. The number of oxime groups is 1. The number of nitrogens with one attached hydrogen (secondary N) is 1. The van der Waals surface area contributed by atoms with E-state index in [0.717, 1.165) is 11.3 Å². The van der Waals surface area contributed by atoms with Crippen molar-refractivity contribution in [2.24, 2.45) is 21.8 Å². The first-order valence-corrected chi connectivity index (χ1v) is 9.55. The van der Waals surface area contributed by atoms with Crippen LogP contribution in [0.3, 0.4) is 0 Å². The summed E-state index contributed by atoms with van der Waals surface area (Å²) < 4.78 is 0. The number of carbonyl (C=O) groups excluding carboxylic acids is 2. The Morgan fingerprint density at radius 3 is 2.85 bits per heavy atom. The molecule has 0 aromatic carbocycles. The predicted molar refractivity (Wildman–Crippen MR) is 102 cm³/mol. The summed E-state index contributed by atoms with van der Waals surface area (Å²) in [7, 11) is 1.26. The van der Waals surface area contributed by atoms with Crippen LogP contribution in [0.5, 0.6) is 0 Å². The van der Waals surface area contributed by atoms with E-state index >= 15 is 0 Å². The molecule has 6 N–H and O–H groups in total. The number of thiazole rings is 1. The van der Waals surface area contributed by atoms with Crippen LogP contribution in [0.2, 0.25) is 0 Å². The van der Waals surface area contributed by atoms with Gasteiger partial charge in [0.25, 0.3) is 5.91 Å². The van der Waals surface area contributed by atoms with E-state index in [9.17, 15) is 19.5 Å². The third kappa shape index (κ3) is 5.02. The summed E-state index contributed by atoms with van der Waals surface area (Å²) in [6, 6.07) is -1.08. The third-order valence-corrected chi connectivity index (χ3v) is 5.55. The van der Waals surface area contributed by atoms with E-state index in [1.165, 1.54) is 24.3 Å². The molecule has 1 aliphatic rings. The molecule has 146 valence electrons. The summed E-state index contributed by atoms with van der Waals surface area (Å²) in [5, 5.41) is 16.3. The monoisotopic (exact) mass is 414 g/mol. The minimum Gasteiger partial charge on any atom is -0.477 e. The average Bonchev–Trinajstić information content (AvgIpc) is 3.09. The molecule has 13 heteroatoms. The number of nitrogens with zero attached hydrogens (tertiary/aromatic N) is 3. The van der Waals surface area contributed by atoms with Gasteiger partial charge in [0.2, 0.25) is 0 Å². The highest BCUT2D eigenvalue weighted by Gasteiger charge is 2.34. The molecule has 0 aliphatic carbocycles. The minimum absolute atomic E-state index is 0.111. The number of anilines is 1. The first-order valence-electron chi connectivity index (χ1n) is 7.62. The molecule has 11 nitrogen and oxygen atoms in total. The second-order valence-electron chi connectivity index (χ2n) is 5.30. The number of aliphatic imine (C=N–C) groups is 1. The number of nitrogen functional groups attached to an aromatic ring is 1. The van der Waals surface area contributed by atoms with Gasteiger partial charge < -0.3 is 31.5 Å². The molecular formula is C14H18N6O5S2. The van der Waals surface area contributed by atoms with Gasteiger partial charge in [-0.2, -0.15) is 0 Å². The number of thioether (sulfide) groups is 1. The van der Waals surface area contributed by atoms with Crippen molar-refractivity contribution in [2.45, 2.75) is 11.4 Å². The molecule has 27 heavy (non-hydrogen) atoms. The number of carboxylic acid groups (broad SMARTS) is 1. The lowest BCUT2D eigenvalue weighted by molar-refractivity contribution is -0.129. The van der Waals surface area contributed by atoms with E-state index < -0.39 is 29.2 Å². The van der Waals surface area contributed by atoms with E-state index in [-0.39, 0.29) is 28.8 Å². The molecule has 2 heterocycles. The molecule has 1 unspecified atom stereocenters. The second kappa shape index (κ2) is 9.43. The normalized spacial score (nSPS) is 21.1. The molecule has 1 amide bonds. The van der Waals surface area contributed by atoms with Crippen LogP contribution in [0.15, 0.2) is 15.5 Å². The lowest BCUT2D eigenvalue weighted by Crippen LogP contribution is -2.48. The molecule has 1 aromatic heterocycles. The van der Waals surface area contributed by atoms with Gasteiger partial charge in [-0.1, -0.05) is 5.16 Å². The molecule has 0 saturated heterocycles. The Balaban J connectivity index is 2.21. The van der Waals surface area contributed by atoms with Crippen LogP contribution >= 0.6 is 23.1 Å². The number of amides is 1. The summed E-state index contributed by atoms with van der Waals surface area (Å²) >= 11 is 2.35. The van der Waals surface area contributed by atoms with Crippen LogP contribution in [0, 0.1) is 5.92 Å². The van der Waals surface area contributed by atoms with E-state index in [4.69, 9.17) is 11.5 Å². The highest BCUT2D eigenvalue weighted by molar-refractivity contribution is 8.00. The van der Waals surface area contributed by atoms with Gasteiger partial charge in [0.1, 0.15) is 36.2 Å². The molecular weight excluding hydrogens is 396 g/mol. The molecule has 0 fully saturated rings. The number of carboxylic acids is 1. The van der Waals surface area contributed by atoms with Gasteiger partial charge in [-0.3, -0.25) is 9.79 Å². The lowest BCUT2D eigenvalue weighted by atomic mass is 10.1. The Morgan fingerprint density at radius 1 is 1.59 bits per heavy atom. The maximum atomic E-state index is 12.5. The Labute approximate surface area is 162 Å². The predicted octanol–water partition coefficient (Wildman–Crippen LogP) is -1.07. The van der Waals surface area contributed by atoms with Crippen LogP contribution in [0.25, 0.3) is 0 Å². The summed E-state index contributed by atoms with van der Waals surface area (Å²) in [4.78, 5) is 48.1. The van der Waals surface area contributed by atoms with Gasteiger partial charge in [0.05, 0.1) is 0 Å². The largest absolute Gasteiger partial charge is 0.477 e. The summed E-state index contributed by atoms with van der Waals surface area (Å²) in [5.41, 5.74) is 11.0. The van der Waals surface area contributed by atoms with Crippen LogP contribution in [0.1, 0.15) is 5.69 Å². The Bertz CT molecular complexity index is 780. The zero-order valence-corrected chi connectivity index (χ0v) is 15.8. The van der Waals surface area contributed by atoms with Gasteiger partial charge in [-0.25, -0.2) is 9.78 Å².